The summed E-state index contributed by atoms with van der Waals surface area (Å²) in [5, 5.41) is 0.880. The first-order chi connectivity index (χ1) is 8.54. The van der Waals surface area contributed by atoms with E-state index in [9.17, 15) is 4.79 Å². The predicted octanol–water partition coefficient (Wildman–Crippen LogP) is 3.67. The minimum atomic E-state index is -0.361. The van der Waals surface area contributed by atoms with Crippen molar-refractivity contribution in [1.82, 2.24) is 4.90 Å². The SMILES string of the molecule is CN1CCCC(OC(=O)c2cc(Cl)cc(Cl)c2)C1.Cl. The largest absolute Gasteiger partial charge is 0.457 e. The standard InChI is InChI=1S/C13H15Cl2NO2.ClH/c1-16-4-2-3-12(8-16)18-13(17)9-5-10(14)7-11(15)6-9;/h5-7,12H,2-4,8H2,1H3;1H. The zero-order chi connectivity index (χ0) is 13.1. The molecular formula is C13H16Cl3NO2. The molecule has 1 fully saturated rings. The highest BCUT2D eigenvalue weighted by Gasteiger charge is 2.21. The van der Waals surface area contributed by atoms with Gasteiger partial charge in [-0.3, -0.25) is 0 Å². The molecule has 0 N–H and O–H groups in total. The van der Waals surface area contributed by atoms with Crippen molar-refractivity contribution in [3.05, 3.63) is 33.8 Å². The Kier molecular flexibility index (Phi) is 6.40. The van der Waals surface area contributed by atoms with Crippen LogP contribution < -0.4 is 0 Å². The zero-order valence-corrected chi connectivity index (χ0v) is 12.9. The number of ether oxygens (including phenoxy) is 1. The maximum absolute atomic E-state index is 12.0. The lowest BCUT2D eigenvalue weighted by atomic mass is 10.1. The average Bonchev–Trinajstić information content (AvgIpc) is 2.27. The molecule has 0 bridgehead atoms. The van der Waals surface area contributed by atoms with Crippen molar-refractivity contribution in [1.29, 1.82) is 0 Å². The summed E-state index contributed by atoms with van der Waals surface area (Å²) < 4.78 is 5.46. The van der Waals surface area contributed by atoms with Crippen LogP contribution >= 0.6 is 35.6 Å². The molecule has 106 valence electrons. The molecule has 1 aromatic rings. The number of likely N-dealkylation sites (N-methyl/N-ethyl adjacent to an activating group) is 1. The normalized spacial score (nSPS) is 19.6. The van der Waals surface area contributed by atoms with Gasteiger partial charge in [-0.1, -0.05) is 23.2 Å². The Balaban J connectivity index is 0.00000180. The number of esters is 1. The van der Waals surface area contributed by atoms with Crippen LogP contribution in [0.3, 0.4) is 0 Å². The second kappa shape index (κ2) is 7.34. The van der Waals surface area contributed by atoms with Gasteiger partial charge in [-0.2, -0.15) is 0 Å². The van der Waals surface area contributed by atoms with E-state index in [0.717, 1.165) is 25.9 Å². The first kappa shape index (κ1) is 16.6. The molecule has 3 nitrogen and oxygen atoms in total. The minimum absolute atomic E-state index is 0. The van der Waals surface area contributed by atoms with E-state index in [1.165, 1.54) is 0 Å². The van der Waals surface area contributed by atoms with Crippen LogP contribution in [0.5, 0.6) is 0 Å². The van der Waals surface area contributed by atoms with Crippen LogP contribution in [0.4, 0.5) is 0 Å². The van der Waals surface area contributed by atoms with Gasteiger partial charge in [-0.05, 0) is 44.6 Å². The van der Waals surface area contributed by atoms with Gasteiger partial charge in [0.1, 0.15) is 6.10 Å². The van der Waals surface area contributed by atoms with Gasteiger partial charge in [0, 0.05) is 16.6 Å². The summed E-state index contributed by atoms with van der Waals surface area (Å²) in [4.78, 5) is 14.1. The summed E-state index contributed by atoms with van der Waals surface area (Å²) in [5.41, 5.74) is 0.403. The first-order valence-electron chi connectivity index (χ1n) is 5.90. The molecule has 0 aromatic heterocycles. The summed E-state index contributed by atoms with van der Waals surface area (Å²) in [7, 11) is 2.02. The molecule has 1 saturated heterocycles. The van der Waals surface area contributed by atoms with Crippen molar-refractivity contribution in [2.45, 2.75) is 18.9 Å². The van der Waals surface area contributed by atoms with Crippen molar-refractivity contribution in [2.24, 2.45) is 0 Å². The van der Waals surface area contributed by atoms with Gasteiger partial charge in [0.25, 0.3) is 0 Å². The molecule has 0 aliphatic carbocycles. The highest BCUT2D eigenvalue weighted by molar-refractivity contribution is 6.35. The fourth-order valence-corrected chi connectivity index (χ4v) is 2.63. The van der Waals surface area contributed by atoms with Gasteiger partial charge >= 0.3 is 5.97 Å². The molecule has 1 aliphatic rings. The van der Waals surface area contributed by atoms with E-state index in [-0.39, 0.29) is 24.5 Å². The molecule has 1 unspecified atom stereocenters. The van der Waals surface area contributed by atoms with E-state index >= 15 is 0 Å². The Bertz CT molecular complexity index is 433. The second-order valence-corrected chi connectivity index (χ2v) is 5.46. The summed E-state index contributed by atoms with van der Waals surface area (Å²) >= 11 is 11.7. The lowest BCUT2D eigenvalue weighted by Crippen LogP contribution is -2.38. The molecule has 1 heterocycles. The number of piperidine rings is 1. The fraction of sp³-hybridized carbons (Fsp3) is 0.462. The minimum Gasteiger partial charge on any atom is -0.457 e. The molecule has 1 atom stereocenters. The predicted molar refractivity (Wildman–Crippen MR) is 79.6 cm³/mol. The smallest absolute Gasteiger partial charge is 0.338 e. The van der Waals surface area contributed by atoms with Gasteiger partial charge < -0.3 is 9.64 Å². The monoisotopic (exact) mass is 323 g/mol. The van der Waals surface area contributed by atoms with E-state index in [2.05, 4.69) is 4.90 Å². The Morgan fingerprint density at radius 3 is 2.53 bits per heavy atom. The molecule has 19 heavy (non-hydrogen) atoms. The Labute approximate surface area is 129 Å². The number of rotatable bonds is 2. The van der Waals surface area contributed by atoms with Crippen LogP contribution in [0.2, 0.25) is 10.0 Å². The van der Waals surface area contributed by atoms with Gasteiger partial charge in [0.05, 0.1) is 5.56 Å². The third-order valence-electron chi connectivity index (χ3n) is 2.95. The van der Waals surface area contributed by atoms with Gasteiger partial charge in [-0.25, -0.2) is 4.79 Å². The van der Waals surface area contributed by atoms with Gasteiger partial charge in [-0.15, -0.1) is 12.4 Å². The second-order valence-electron chi connectivity index (χ2n) is 4.59. The molecule has 1 aromatic carbocycles. The molecule has 6 heteroatoms. The lowest BCUT2D eigenvalue weighted by molar-refractivity contribution is 0.0108. The number of nitrogens with zero attached hydrogens (tertiary/aromatic N) is 1. The maximum Gasteiger partial charge on any atom is 0.338 e. The summed E-state index contributed by atoms with van der Waals surface area (Å²) in [6.45, 7) is 1.83. The summed E-state index contributed by atoms with van der Waals surface area (Å²) in [6.07, 6.45) is 1.91. The number of likely N-dealkylation sites (tertiary alicyclic amines) is 1. The molecule has 0 radical (unpaired) electrons. The summed E-state index contributed by atoms with van der Waals surface area (Å²) in [5.74, 6) is -0.361. The third-order valence-corrected chi connectivity index (χ3v) is 3.39. The van der Waals surface area contributed by atoms with E-state index in [1.807, 2.05) is 7.05 Å². The lowest BCUT2D eigenvalue weighted by Gasteiger charge is -2.29. The number of carbonyl (C=O) groups is 1. The van der Waals surface area contributed by atoms with Crippen LogP contribution in [-0.4, -0.2) is 37.1 Å². The number of hydrogen-bond acceptors (Lipinski definition) is 3. The number of hydrogen-bond donors (Lipinski definition) is 0. The molecule has 0 saturated carbocycles. The topological polar surface area (TPSA) is 29.5 Å². The Morgan fingerprint density at radius 2 is 1.95 bits per heavy atom. The van der Waals surface area contributed by atoms with Gasteiger partial charge in [0.2, 0.25) is 0 Å². The van der Waals surface area contributed by atoms with Crippen molar-refractivity contribution in [3.8, 4) is 0 Å². The number of benzene rings is 1. The third kappa shape index (κ3) is 4.84. The Morgan fingerprint density at radius 1 is 1.32 bits per heavy atom. The van der Waals surface area contributed by atoms with E-state index < -0.39 is 0 Å². The highest BCUT2D eigenvalue weighted by atomic mass is 35.5. The van der Waals surface area contributed by atoms with Crippen molar-refractivity contribution in [2.75, 3.05) is 20.1 Å². The molecule has 0 amide bonds. The highest BCUT2D eigenvalue weighted by Crippen LogP contribution is 2.21. The average molecular weight is 325 g/mol. The zero-order valence-electron chi connectivity index (χ0n) is 10.6. The summed E-state index contributed by atoms with van der Waals surface area (Å²) in [6, 6.07) is 4.74. The van der Waals surface area contributed by atoms with Crippen molar-refractivity contribution < 1.29 is 9.53 Å². The Hall–Kier alpha value is -0.480. The van der Waals surface area contributed by atoms with Crippen LogP contribution in [-0.2, 0) is 4.74 Å². The van der Waals surface area contributed by atoms with Crippen LogP contribution in [0.15, 0.2) is 18.2 Å². The van der Waals surface area contributed by atoms with Crippen LogP contribution in [0.1, 0.15) is 23.2 Å². The molecule has 2 rings (SSSR count). The number of carbonyl (C=O) groups excluding carboxylic acids is 1. The molecule has 0 spiro atoms. The van der Waals surface area contributed by atoms with Gasteiger partial charge in [0.15, 0.2) is 0 Å². The molecular weight excluding hydrogens is 309 g/mol. The van der Waals surface area contributed by atoms with Crippen molar-refractivity contribution >= 4 is 41.6 Å². The van der Waals surface area contributed by atoms with Crippen LogP contribution in [0, 0.1) is 0 Å². The van der Waals surface area contributed by atoms with Crippen molar-refractivity contribution in [3.63, 3.8) is 0 Å². The number of halogens is 3. The van der Waals surface area contributed by atoms with E-state index in [1.54, 1.807) is 18.2 Å². The van der Waals surface area contributed by atoms with E-state index in [4.69, 9.17) is 27.9 Å². The van der Waals surface area contributed by atoms with E-state index in [0.29, 0.717) is 15.6 Å². The molecule has 1 aliphatic heterocycles. The maximum atomic E-state index is 12.0. The quantitative estimate of drug-likeness (QED) is 0.777. The van der Waals surface area contributed by atoms with Crippen LogP contribution in [0.25, 0.3) is 0 Å². The first-order valence-corrected chi connectivity index (χ1v) is 6.66. The fourth-order valence-electron chi connectivity index (χ4n) is 2.11.